The summed E-state index contributed by atoms with van der Waals surface area (Å²) in [7, 11) is 1.62. The molecule has 0 bridgehead atoms. The minimum Gasteiger partial charge on any atom is -0.335 e. The van der Waals surface area contributed by atoms with Crippen molar-refractivity contribution < 1.29 is 9.59 Å². The molecule has 1 unspecified atom stereocenters. The van der Waals surface area contributed by atoms with Crippen molar-refractivity contribution in [3.63, 3.8) is 0 Å². The Kier molecular flexibility index (Phi) is 5.16. The topological polar surface area (TPSA) is 67.2 Å². The third kappa shape index (κ3) is 3.97. The van der Waals surface area contributed by atoms with Crippen molar-refractivity contribution in [2.45, 2.75) is 26.8 Å². The molecule has 6 nitrogen and oxygen atoms in total. The molecule has 0 aliphatic heterocycles. The van der Waals surface area contributed by atoms with Gasteiger partial charge in [0.2, 0.25) is 11.8 Å². The van der Waals surface area contributed by atoms with E-state index in [1.165, 1.54) is 4.90 Å². The van der Waals surface area contributed by atoms with Crippen molar-refractivity contribution in [2.24, 2.45) is 0 Å². The summed E-state index contributed by atoms with van der Waals surface area (Å²) in [5.41, 5.74) is 2.80. The van der Waals surface area contributed by atoms with Crippen molar-refractivity contribution >= 4 is 17.5 Å². The zero-order valence-corrected chi connectivity index (χ0v) is 13.9. The number of carbonyl (C=O) groups is 2. The Morgan fingerprint density at radius 3 is 2.48 bits per heavy atom. The predicted octanol–water partition coefficient (Wildman–Crippen LogP) is 2.16. The van der Waals surface area contributed by atoms with Crippen LogP contribution in [0.2, 0.25) is 0 Å². The Morgan fingerprint density at radius 2 is 1.91 bits per heavy atom. The van der Waals surface area contributed by atoms with Crippen molar-refractivity contribution in [3.8, 4) is 0 Å². The van der Waals surface area contributed by atoms with Gasteiger partial charge in [0.25, 0.3) is 0 Å². The number of para-hydroxylation sites is 1. The van der Waals surface area contributed by atoms with E-state index >= 15 is 0 Å². The number of aryl methyl sites for hydroxylation is 2. The molecule has 2 rings (SSSR count). The zero-order chi connectivity index (χ0) is 17.0. The normalized spacial score (nSPS) is 11.8. The second kappa shape index (κ2) is 7.09. The first kappa shape index (κ1) is 16.7. The maximum Gasteiger partial charge on any atom is 0.247 e. The first-order chi connectivity index (χ1) is 10.9. The molecule has 2 amide bonds. The predicted molar refractivity (Wildman–Crippen MR) is 89.1 cm³/mol. The summed E-state index contributed by atoms with van der Waals surface area (Å²) in [4.78, 5) is 26.0. The molecule has 122 valence electrons. The number of nitrogens with zero attached hydrogens (tertiary/aromatic N) is 3. The van der Waals surface area contributed by atoms with Gasteiger partial charge in [0, 0.05) is 25.1 Å². The summed E-state index contributed by atoms with van der Waals surface area (Å²) in [6.45, 7) is 5.64. The number of benzene rings is 1. The Bertz CT molecular complexity index is 674. The van der Waals surface area contributed by atoms with Gasteiger partial charge in [-0.25, -0.2) is 0 Å². The van der Waals surface area contributed by atoms with Gasteiger partial charge in [-0.1, -0.05) is 18.2 Å². The Labute approximate surface area is 136 Å². The van der Waals surface area contributed by atoms with Crippen LogP contribution in [-0.2, 0) is 9.59 Å². The molecule has 23 heavy (non-hydrogen) atoms. The van der Waals surface area contributed by atoms with E-state index in [0.29, 0.717) is 0 Å². The highest BCUT2D eigenvalue weighted by atomic mass is 16.2. The summed E-state index contributed by atoms with van der Waals surface area (Å²) in [5, 5.41) is 6.94. The second-order valence-corrected chi connectivity index (χ2v) is 5.67. The number of rotatable bonds is 5. The highest BCUT2D eigenvalue weighted by Crippen LogP contribution is 2.19. The fourth-order valence-electron chi connectivity index (χ4n) is 2.43. The van der Waals surface area contributed by atoms with Crippen molar-refractivity contribution in [3.05, 3.63) is 47.8 Å². The number of amides is 2. The van der Waals surface area contributed by atoms with E-state index in [9.17, 15) is 9.59 Å². The van der Waals surface area contributed by atoms with Crippen LogP contribution in [0.25, 0.3) is 0 Å². The molecular formula is C17H22N4O2. The summed E-state index contributed by atoms with van der Waals surface area (Å²) < 4.78 is 1.57. The molecule has 0 saturated carbocycles. The monoisotopic (exact) mass is 314 g/mol. The number of likely N-dealkylation sites (N-methyl/N-ethyl adjacent to an activating group) is 1. The first-order valence-corrected chi connectivity index (χ1v) is 7.50. The van der Waals surface area contributed by atoms with Gasteiger partial charge in [0.15, 0.2) is 0 Å². The molecule has 0 aliphatic carbocycles. The number of anilines is 1. The van der Waals surface area contributed by atoms with Gasteiger partial charge < -0.3 is 10.2 Å². The van der Waals surface area contributed by atoms with Crippen molar-refractivity contribution in [1.82, 2.24) is 14.7 Å². The molecule has 0 spiro atoms. The molecule has 1 N–H and O–H groups in total. The highest BCUT2D eigenvalue weighted by molar-refractivity contribution is 5.96. The minimum absolute atomic E-state index is 0.00177. The van der Waals surface area contributed by atoms with Crippen molar-refractivity contribution in [1.29, 1.82) is 0 Å². The van der Waals surface area contributed by atoms with Crippen LogP contribution in [0.15, 0.2) is 36.7 Å². The van der Waals surface area contributed by atoms with Gasteiger partial charge in [-0.15, -0.1) is 0 Å². The van der Waals surface area contributed by atoms with Gasteiger partial charge in [-0.05, 0) is 38.0 Å². The molecule has 2 aromatic rings. The van der Waals surface area contributed by atoms with Crippen LogP contribution >= 0.6 is 0 Å². The largest absolute Gasteiger partial charge is 0.335 e. The number of nitrogens with one attached hydrogen (secondary N) is 1. The maximum atomic E-state index is 12.3. The number of hydrogen-bond acceptors (Lipinski definition) is 3. The molecule has 0 fully saturated rings. The average molecular weight is 314 g/mol. The molecule has 1 atom stereocenters. The average Bonchev–Trinajstić information content (AvgIpc) is 3.04. The molecule has 1 aromatic carbocycles. The van der Waals surface area contributed by atoms with Crippen LogP contribution in [0.5, 0.6) is 0 Å². The Morgan fingerprint density at radius 1 is 1.26 bits per heavy atom. The lowest BCUT2D eigenvalue weighted by atomic mass is 10.1. The number of hydrogen-bond donors (Lipinski definition) is 1. The molecule has 6 heteroatoms. The fraction of sp³-hybridized carbons (Fsp3) is 0.353. The summed E-state index contributed by atoms with van der Waals surface area (Å²) in [6, 6.07) is 7.15. The quantitative estimate of drug-likeness (QED) is 0.919. The van der Waals surface area contributed by atoms with E-state index < -0.39 is 6.04 Å². The summed E-state index contributed by atoms with van der Waals surface area (Å²) in [5.74, 6) is -0.378. The van der Waals surface area contributed by atoms with E-state index in [2.05, 4.69) is 10.4 Å². The Balaban J connectivity index is 1.98. The third-order valence-electron chi connectivity index (χ3n) is 3.78. The maximum absolute atomic E-state index is 12.3. The van der Waals surface area contributed by atoms with Gasteiger partial charge in [0.05, 0.1) is 6.54 Å². The number of carbonyl (C=O) groups excluding carboxylic acids is 2. The first-order valence-electron chi connectivity index (χ1n) is 7.50. The Hall–Kier alpha value is -2.63. The van der Waals surface area contributed by atoms with Crippen LogP contribution < -0.4 is 5.32 Å². The van der Waals surface area contributed by atoms with E-state index in [1.807, 2.05) is 32.0 Å². The SMILES string of the molecule is Cc1cccc(C)c1NC(=O)CN(C)C(=O)C(C)n1cccn1. The molecule has 0 saturated heterocycles. The van der Waals surface area contributed by atoms with Gasteiger partial charge in [0.1, 0.15) is 6.04 Å². The van der Waals surface area contributed by atoms with Gasteiger partial charge in [-0.3, -0.25) is 14.3 Å². The van der Waals surface area contributed by atoms with Crippen LogP contribution in [0.4, 0.5) is 5.69 Å². The lowest BCUT2D eigenvalue weighted by molar-refractivity contribution is -0.136. The van der Waals surface area contributed by atoms with Crippen LogP contribution in [0.1, 0.15) is 24.1 Å². The van der Waals surface area contributed by atoms with Crippen LogP contribution in [-0.4, -0.2) is 40.1 Å². The van der Waals surface area contributed by atoms with E-state index in [0.717, 1.165) is 16.8 Å². The lowest BCUT2D eigenvalue weighted by Gasteiger charge is -2.21. The molecule has 1 heterocycles. The lowest BCUT2D eigenvalue weighted by Crippen LogP contribution is -2.38. The van der Waals surface area contributed by atoms with E-state index in [1.54, 1.807) is 37.1 Å². The molecule has 0 aliphatic rings. The van der Waals surface area contributed by atoms with Gasteiger partial charge >= 0.3 is 0 Å². The fourth-order valence-corrected chi connectivity index (χ4v) is 2.43. The van der Waals surface area contributed by atoms with E-state index in [4.69, 9.17) is 0 Å². The molecule has 0 radical (unpaired) electrons. The third-order valence-corrected chi connectivity index (χ3v) is 3.78. The smallest absolute Gasteiger partial charge is 0.247 e. The number of aromatic nitrogens is 2. The van der Waals surface area contributed by atoms with E-state index in [-0.39, 0.29) is 18.4 Å². The van der Waals surface area contributed by atoms with Crippen LogP contribution in [0.3, 0.4) is 0 Å². The van der Waals surface area contributed by atoms with Gasteiger partial charge in [-0.2, -0.15) is 5.10 Å². The zero-order valence-electron chi connectivity index (χ0n) is 13.9. The molecular weight excluding hydrogens is 292 g/mol. The summed E-state index contributed by atoms with van der Waals surface area (Å²) >= 11 is 0. The molecule has 1 aromatic heterocycles. The standard InChI is InChI=1S/C17H22N4O2/c1-12-7-5-8-13(2)16(12)19-15(22)11-20(4)17(23)14(3)21-10-6-9-18-21/h5-10,14H,11H2,1-4H3,(H,19,22). The second-order valence-electron chi connectivity index (χ2n) is 5.67. The summed E-state index contributed by atoms with van der Waals surface area (Å²) in [6.07, 6.45) is 3.35. The minimum atomic E-state index is -0.442. The highest BCUT2D eigenvalue weighted by Gasteiger charge is 2.21. The van der Waals surface area contributed by atoms with Crippen LogP contribution in [0, 0.1) is 13.8 Å². The van der Waals surface area contributed by atoms with Crippen molar-refractivity contribution in [2.75, 3.05) is 18.9 Å².